The molecule has 5 nitrogen and oxygen atoms in total. The predicted octanol–water partition coefficient (Wildman–Crippen LogP) is 2.52. The van der Waals surface area contributed by atoms with Crippen molar-refractivity contribution in [2.24, 2.45) is 7.05 Å². The number of nitrogens with zero attached hydrogens (tertiary/aromatic N) is 2. The monoisotopic (exact) mass is 279 g/mol. The number of aromatic amines is 1. The summed E-state index contributed by atoms with van der Waals surface area (Å²) in [4.78, 5) is 23.5. The number of allylic oxidation sites excluding steroid dienone is 4. The van der Waals surface area contributed by atoms with Crippen molar-refractivity contribution in [3.05, 3.63) is 44.3 Å². The molecule has 20 heavy (non-hydrogen) atoms. The largest absolute Gasteiger partial charge is 0.347 e. The number of rotatable bonds is 6. The lowest BCUT2D eigenvalue weighted by Crippen LogP contribution is -2.28. The van der Waals surface area contributed by atoms with Crippen molar-refractivity contribution in [3.63, 3.8) is 0 Å². The zero-order valence-corrected chi connectivity index (χ0v) is 13.1. The lowest BCUT2D eigenvalue weighted by atomic mass is 10.0. The van der Waals surface area contributed by atoms with Crippen LogP contribution in [-0.2, 0) is 7.05 Å². The molecule has 1 aromatic heterocycles. The maximum atomic E-state index is 12.0. The number of H-pyrrole nitrogens is 1. The topological polar surface area (TPSA) is 59.8 Å². The van der Waals surface area contributed by atoms with E-state index in [1.165, 1.54) is 17.3 Å². The number of hydrogen-bond donors (Lipinski definition) is 1. The molecule has 0 aliphatic rings. The lowest BCUT2D eigenvalue weighted by molar-refractivity contribution is 0.478. The molecule has 0 aromatic carbocycles. The van der Waals surface area contributed by atoms with Crippen LogP contribution in [0.2, 0.25) is 0 Å². The van der Waals surface area contributed by atoms with E-state index in [2.05, 4.69) is 31.1 Å². The Bertz CT molecular complexity index is 614. The first-order chi connectivity index (χ1) is 9.42. The number of aromatic nitrogens is 3. The highest BCUT2D eigenvalue weighted by molar-refractivity contribution is 5.10. The minimum Gasteiger partial charge on any atom is -0.246 e. The number of nitrogens with one attached hydrogen (secondary N) is 1. The summed E-state index contributed by atoms with van der Waals surface area (Å²) in [5, 5.41) is 2.61. The van der Waals surface area contributed by atoms with E-state index in [0.717, 1.165) is 29.4 Å². The first-order valence-corrected chi connectivity index (χ1v) is 7.12. The van der Waals surface area contributed by atoms with Gasteiger partial charge in [0.15, 0.2) is 0 Å². The summed E-state index contributed by atoms with van der Waals surface area (Å²) < 4.78 is 2.52. The van der Waals surface area contributed by atoms with Gasteiger partial charge in [-0.2, -0.15) is 0 Å². The molecular weight excluding hydrogens is 254 g/mol. The van der Waals surface area contributed by atoms with Crippen LogP contribution < -0.4 is 11.4 Å². The summed E-state index contributed by atoms with van der Waals surface area (Å²) >= 11 is 0. The van der Waals surface area contributed by atoms with Crippen LogP contribution in [0.5, 0.6) is 0 Å². The Morgan fingerprint density at radius 1 is 1.25 bits per heavy atom. The van der Waals surface area contributed by atoms with Gasteiger partial charge >= 0.3 is 11.4 Å². The Labute approximate surface area is 119 Å². The molecule has 1 N–H and O–H groups in total. The van der Waals surface area contributed by atoms with Gasteiger partial charge < -0.3 is 0 Å². The van der Waals surface area contributed by atoms with E-state index in [9.17, 15) is 9.59 Å². The molecule has 5 heteroatoms. The normalized spacial score (nSPS) is 14.7. The van der Waals surface area contributed by atoms with Crippen LogP contribution in [0.1, 0.15) is 53.0 Å². The fourth-order valence-corrected chi connectivity index (χ4v) is 2.12. The third kappa shape index (κ3) is 3.62. The van der Waals surface area contributed by atoms with Crippen molar-refractivity contribution < 1.29 is 0 Å². The molecule has 0 aliphatic heterocycles. The van der Waals surface area contributed by atoms with Gasteiger partial charge in [-0.3, -0.25) is 0 Å². The molecule has 0 bridgehead atoms. The molecule has 1 aromatic rings. The van der Waals surface area contributed by atoms with Crippen LogP contribution in [0.3, 0.4) is 0 Å². The molecule has 0 saturated carbocycles. The zero-order chi connectivity index (χ0) is 15.3. The lowest BCUT2D eigenvalue weighted by Gasteiger charge is -2.15. The predicted molar refractivity (Wildman–Crippen MR) is 82.0 cm³/mol. The van der Waals surface area contributed by atoms with Gasteiger partial charge in [-0.05, 0) is 33.1 Å². The standard InChI is InChI=1S/C15H25N3O2/c1-6-11(3)9-8-10-12(4)13(7-2)18-15(20)17(5)14(19)16-18/h9-10,13H,6-8H2,1-5H3,(H,16,19)/b11-9+,12-10+. The first kappa shape index (κ1) is 16.3. The summed E-state index contributed by atoms with van der Waals surface area (Å²) in [6, 6.07) is -0.0910. The Hall–Kier alpha value is -1.78. The summed E-state index contributed by atoms with van der Waals surface area (Å²) in [6.07, 6.45) is 6.97. The molecule has 1 unspecified atom stereocenters. The molecule has 0 aliphatic carbocycles. The summed E-state index contributed by atoms with van der Waals surface area (Å²) in [5.41, 5.74) is 1.78. The minimum atomic E-state index is -0.372. The van der Waals surface area contributed by atoms with E-state index in [4.69, 9.17) is 0 Å². The number of hydrogen-bond acceptors (Lipinski definition) is 2. The van der Waals surface area contributed by atoms with Crippen LogP contribution in [-0.4, -0.2) is 14.3 Å². The highest BCUT2D eigenvalue weighted by atomic mass is 16.2. The highest BCUT2D eigenvalue weighted by Crippen LogP contribution is 2.18. The van der Waals surface area contributed by atoms with Crippen molar-refractivity contribution >= 4 is 0 Å². The quantitative estimate of drug-likeness (QED) is 0.813. The highest BCUT2D eigenvalue weighted by Gasteiger charge is 2.16. The third-order valence-electron chi connectivity index (χ3n) is 3.70. The molecular formula is C15H25N3O2. The molecule has 0 radical (unpaired) electrons. The first-order valence-electron chi connectivity index (χ1n) is 7.12. The second-order valence-electron chi connectivity index (χ2n) is 5.14. The molecule has 0 spiro atoms. The van der Waals surface area contributed by atoms with Gasteiger partial charge in [0.1, 0.15) is 0 Å². The van der Waals surface area contributed by atoms with Crippen LogP contribution >= 0.6 is 0 Å². The molecule has 0 saturated heterocycles. The van der Waals surface area contributed by atoms with E-state index in [1.54, 1.807) is 0 Å². The van der Waals surface area contributed by atoms with Crippen LogP contribution in [0.4, 0.5) is 0 Å². The van der Waals surface area contributed by atoms with Gasteiger partial charge in [0.25, 0.3) is 0 Å². The average Bonchev–Trinajstić information content (AvgIpc) is 2.67. The van der Waals surface area contributed by atoms with Crippen molar-refractivity contribution in [1.29, 1.82) is 0 Å². The van der Waals surface area contributed by atoms with E-state index >= 15 is 0 Å². The molecule has 1 atom stereocenters. The van der Waals surface area contributed by atoms with Gasteiger partial charge in [-0.15, -0.1) is 0 Å². The maximum Gasteiger partial charge on any atom is 0.347 e. The van der Waals surface area contributed by atoms with Crippen LogP contribution in [0.15, 0.2) is 32.9 Å². The van der Waals surface area contributed by atoms with Gasteiger partial charge in [0.05, 0.1) is 6.04 Å². The fraction of sp³-hybridized carbons (Fsp3) is 0.600. The van der Waals surface area contributed by atoms with E-state index in [0.29, 0.717) is 0 Å². The van der Waals surface area contributed by atoms with E-state index < -0.39 is 0 Å². The van der Waals surface area contributed by atoms with Crippen LogP contribution in [0, 0.1) is 0 Å². The summed E-state index contributed by atoms with van der Waals surface area (Å²) in [6.45, 7) is 8.25. The smallest absolute Gasteiger partial charge is 0.246 e. The third-order valence-corrected chi connectivity index (χ3v) is 3.70. The van der Waals surface area contributed by atoms with Gasteiger partial charge in [-0.1, -0.05) is 37.1 Å². The van der Waals surface area contributed by atoms with Crippen molar-refractivity contribution in [3.8, 4) is 0 Å². The van der Waals surface area contributed by atoms with Gasteiger partial charge in [0, 0.05) is 7.05 Å². The minimum absolute atomic E-state index is 0.0910. The second-order valence-corrected chi connectivity index (χ2v) is 5.14. The van der Waals surface area contributed by atoms with Crippen molar-refractivity contribution in [2.75, 3.05) is 0 Å². The Morgan fingerprint density at radius 2 is 1.90 bits per heavy atom. The average molecular weight is 279 g/mol. The SMILES string of the molecule is CC/C(C)=C/C/C=C(\C)C(CC)n1[nH]c(=O)n(C)c1=O. The Kier molecular flexibility index (Phi) is 5.80. The second kappa shape index (κ2) is 7.12. The van der Waals surface area contributed by atoms with E-state index in [-0.39, 0.29) is 17.4 Å². The molecule has 0 fully saturated rings. The Morgan fingerprint density at radius 3 is 2.35 bits per heavy atom. The fourth-order valence-electron chi connectivity index (χ4n) is 2.12. The van der Waals surface area contributed by atoms with Crippen LogP contribution in [0.25, 0.3) is 0 Å². The summed E-state index contributed by atoms with van der Waals surface area (Å²) in [7, 11) is 1.48. The van der Waals surface area contributed by atoms with Crippen molar-refractivity contribution in [1.82, 2.24) is 14.3 Å². The Balaban J connectivity index is 3.01. The van der Waals surface area contributed by atoms with E-state index in [1.807, 2.05) is 13.8 Å². The van der Waals surface area contributed by atoms with Gasteiger partial charge in [-0.25, -0.2) is 23.9 Å². The molecule has 1 heterocycles. The van der Waals surface area contributed by atoms with Gasteiger partial charge in [0.2, 0.25) is 0 Å². The summed E-state index contributed by atoms with van der Waals surface area (Å²) in [5.74, 6) is 0. The van der Waals surface area contributed by atoms with Crippen molar-refractivity contribution in [2.45, 2.75) is 53.0 Å². The maximum absolute atomic E-state index is 12.0. The zero-order valence-electron chi connectivity index (χ0n) is 13.1. The molecule has 0 amide bonds. The molecule has 1 rings (SSSR count). The molecule has 112 valence electrons.